The van der Waals surface area contributed by atoms with Gasteiger partial charge in [-0.15, -0.1) is 11.3 Å². The van der Waals surface area contributed by atoms with Crippen LogP contribution in [0.15, 0.2) is 35.7 Å². The fourth-order valence-corrected chi connectivity index (χ4v) is 3.69. The third-order valence-corrected chi connectivity index (χ3v) is 5.39. The number of thiophene rings is 1. The molecular weight excluding hydrogens is 372 g/mol. The van der Waals surface area contributed by atoms with Crippen molar-refractivity contribution in [3.05, 3.63) is 52.2 Å². The Hall–Kier alpha value is -2.48. The first-order valence-corrected chi connectivity index (χ1v) is 9.69. The van der Waals surface area contributed by atoms with Crippen molar-refractivity contribution in [2.45, 2.75) is 12.8 Å². The Morgan fingerprint density at radius 1 is 1.19 bits per heavy atom. The Labute approximate surface area is 160 Å². The van der Waals surface area contributed by atoms with Gasteiger partial charge in [0.2, 0.25) is 5.91 Å². The first-order valence-electron chi connectivity index (χ1n) is 8.81. The first kappa shape index (κ1) is 19.3. The molecule has 5 nitrogen and oxygen atoms in total. The molecule has 1 aliphatic rings. The van der Waals surface area contributed by atoms with Crippen LogP contribution in [0.1, 0.15) is 22.5 Å². The van der Waals surface area contributed by atoms with E-state index in [4.69, 9.17) is 0 Å². The first-order chi connectivity index (χ1) is 13.0. The smallest absolute Gasteiger partial charge is 0.261 e. The molecule has 2 heterocycles. The van der Waals surface area contributed by atoms with Crippen LogP contribution in [-0.4, -0.2) is 38.0 Å². The van der Waals surface area contributed by atoms with Crippen molar-refractivity contribution in [2.24, 2.45) is 5.92 Å². The second-order valence-corrected chi connectivity index (χ2v) is 7.43. The zero-order chi connectivity index (χ0) is 19.2. The van der Waals surface area contributed by atoms with Gasteiger partial charge in [0, 0.05) is 44.4 Å². The number of hydrogen-bond acceptors (Lipinski definition) is 4. The predicted molar refractivity (Wildman–Crippen MR) is 101 cm³/mol. The molecule has 0 aliphatic carbocycles. The lowest BCUT2D eigenvalue weighted by atomic mass is 10.1. The van der Waals surface area contributed by atoms with E-state index in [9.17, 15) is 18.4 Å². The van der Waals surface area contributed by atoms with E-state index in [2.05, 4.69) is 10.6 Å². The monoisotopic (exact) mass is 393 g/mol. The summed E-state index contributed by atoms with van der Waals surface area (Å²) in [4.78, 5) is 26.3. The van der Waals surface area contributed by atoms with E-state index in [1.54, 1.807) is 18.2 Å². The maximum Gasteiger partial charge on any atom is 0.261 e. The van der Waals surface area contributed by atoms with Crippen LogP contribution in [0, 0.1) is 17.6 Å². The largest absolute Gasteiger partial charge is 0.371 e. The minimum absolute atomic E-state index is 0.118. The number of hydrogen-bond donors (Lipinski definition) is 2. The maximum absolute atomic E-state index is 13.4. The summed E-state index contributed by atoms with van der Waals surface area (Å²) in [6.45, 7) is 2.23. The molecule has 0 saturated carbocycles. The van der Waals surface area contributed by atoms with Gasteiger partial charge < -0.3 is 15.5 Å². The summed E-state index contributed by atoms with van der Waals surface area (Å²) in [6.07, 6.45) is 1.09. The molecule has 3 rings (SSSR count). The molecule has 1 atom stereocenters. The normalized spacial score (nSPS) is 16.4. The lowest BCUT2D eigenvalue weighted by molar-refractivity contribution is -0.121. The molecule has 0 bridgehead atoms. The second kappa shape index (κ2) is 8.94. The van der Waals surface area contributed by atoms with E-state index in [1.807, 2.05) is 10.3 Å². The van der Waals surface area contributed by atoms with Gasteiger partial charge in [0.05, 0.1) is 4.88 Å². The highest BCUT2D eigenvalue weighted by Crippen LogP contribution is 2.25. The summed E-state index contributed by atoms with van der Waals surface area (Å²) in [7, 11) is 0. The lowest BCUT2D eigenvalue weighted by Crippen LogP contribution is -2.34. The van der Waals surface area contributed by atoms with Crippen molar-refractivity contribution in [2.75, 3.05) is 31.1 Å². The van der Waals surface area contributed by atoms with Crippen LogP contribution in [0.3, 0.4) is 0 Å². The van der Waals surface area contributed by atoms with E-state index in [1.165, 1.54) is 17.4 Å². The van der Waals surface area contributed by atoms with Crippen LogP contribution < -0.4 is 15.5 Å². The van der Waals surface area contributed by atoms with Gasteiger partial charge in [-0.25, -0.2) is 8.78 Å². The molecule has 1 aromatic heterocycles. The van der Waals surface area contributed by atoms with Gasteiger partial charge in [-0.1, -0.05) is 6.07 Å². The van der Waals surface area contributed by atoms with Gasteiger partial charge in [-0.2, -0.15) is 0 Å². The van der Waals surface area contributed by atoms with Crippen LogP contribution in [0.25, 0.3) is 0 Å². The number of amides is 2. The average molecular weight is 393 g/mol. The number of nitrogens with zero attached hydrogens (tertiary/aromatic N) is 1. The van der Waals surface area contributed by atoms with E-state index >= 15 is 0 Å². The highest BCUT2D eigenvalue weighted by molar-refractivity contribution is 7.12. The number of rotatable bonds is 7. The molecular formula is C19H21F2N3O2S. The predicted octanol–water partition coefficient (Wildman–Crippen LogP) is 2.79. The Balaban J connectivity index is 1.36. The number of benzene rings is 1. The molecule has 1 aromatic carbocycles. The molecule has 1 fully saturated rings. The summed E-state index contributed by atoms with van der Waals surface area (Å²) in [6, 6.07) is 7.43. The maximum atomic E-state index is 13.4. The molecule has 144 valence electrons. The molecule has 0 spiro atoms. The Kier molecular flexibility index (Phi) is 6.39. The SMILES string of the molecule is O=C(CCNC(=O)c1cccs1)NCC1CCN(c2ccc(F)c(F)c2)C1. The van der Waals surface area contributed by atoms with Gasteiger partial charge in [0.25, 0.3) is 5.91 Å². The number of anilines is 1. The van der Waals surface area contributed by atoms with Crippen LogP contribution in [0.2, 0.25) is 0 Å². The minimum atomic E-state index is -0.854. The molecule has 27 heavy (non-hydrogen) atoms. The summed E-state index contributed by atoms with van der Waals surface area (Å²) >= 11 is 1.36. The summed E-state index contributed by atoms with van der Waals surface area (Å²) in [5.41, 5.74) is 0.652. The standard InChI is InChI=1S/C19H21F2N3O2S/c20-15-4-3-14(10-16(15)21)24-8-6-13(12-24)11-23-18(25)5-7-22-19(26)17-2-1-9-27-17/h1-4,9-10,13H,5-8,11-12H2,(H,22,26)(H,23,25). The van der Waals surface area contributed by atoms with Gasteiger partial charge in [0.1, 0.15) is 0 Å². The second-order valence-electron chi connectivity index (χ2n) is 6.49. The van der Waals surface area contributed by atoms with E-state index in [0.717, 1.165) is 19.0 Å². The van der Waals surface area contributed by atoms with Crippen LogP contribution in [-0.2, 0) is 4.79 Å². The minimum Gasteiger partial charge on any atom is -0.371 e. The van der Waals surface area contributed by atoms with E-state index < -0.39 is 11.6 Å². The summed E-state index contributed by atoms with van der Waals surface area (Å²) in [5.74, 6) is -1.74. The number of carbonyl (C=O) groups excluding carboxylic acids is 2. The Bertz CT molecular complexity index is 798. The van der Waals surface area contributed by atoms with Gasteiger partial charge in [0.15, 0.2) is 11.6 Å². The third-order valence-electron chi connectivity index (χ3n) is 4.52. The van der Waals surface area contributed by atoms with Crippen LogP contribution >= 0.6 is 11.3 Å². The lowest BCUT2D eigenvalue weighted by Gasteiger charge is -2.19. The molecule has 0 radical (unpaired) electrons. The number of carbonyl (C=O) groups is 2. The number of nitrogens with one attached hydrogen (secondary N) is 2. The molecule has 1 saturated heterocycles. The molecule has 2 aromatic rings. The van der Waals surface area contributed by atoms with Crippen molar-refractivity contribution in [3.63, 3.8) is 0 Å². The molecule has 1 unspecified atom stereocenters. The van der Waals surface area contributed by atoms with Crippen molar-refractivity contribution in [3.8, 4) is 0 Å². The fraction of sp³-hybridized carbons (Fsp3) is 0.368. The average Bonchev–Trinajstić information content (AvgIpc) is 3.34. The van der Waals surface area contributed by atoms with E-state index in [0.29, 0.717) is 23.7 Å². The Morgan fingerprint density at radius 2 is 2.04 bits per heavy atom. The molecule has 2 amide bonds. The zero-order valence-corrected chi connectivity index (χ0v) is 15.5. The van der Waals surface area contributed by atoms with Crippen molar-refractivity contribution < 1.29 is 18.4 Å². The van der Waals surface area contributed by atoms with Crippen molar-refractivity contribution in [1.29, 1.82) is 0 Å². The van der Waals surface area contributed by atoms with Crippen molar-refractivity contribution >= 4 is 28.8 Å². The summed E-state index contributed by atoms with van der Waals surface area (Å²) < 4.78 is 26.4. The van der Waals surface area contributed by atoms with E-state index in [-0.39, 0.29) is 30.7 Å². The van der Waals surface area contributed by atoms with Crippen molar-refractivity contribution in [1.82, 2.24) is 10.6 Å². The highest BCUT2D eigenvalue weighted by atomic mass is 32.1. The molecule has 2 N–H and O–H groups in total. The molecule has 1 aliphatic heterocycles. The summed E-state index contributed by atoms with van der Waals surface area (Å²) in [5, 5.41) is 7.42. The molecule has 8 heteroatoms. The topological polar surface area (TPSA) is 61.4 Å². The fourth-order valence-electron chi connectivity index (χ4n) is 3.05. The quantitative estimate of drug-likeness (QED) is 0.761. The van der Waals surface area contributed by atoms with Gasteiger partial charge in [-0.05, 0) is 35.9 Å². The van der Waals surface area contributed by atoms with Crippen LogP contribution in [0.5, 0.6) is 0 Å². The van der Waals surface area contributed by atoms with Gasteiger partial charge >= 0.3 is 0 Å². The third kappa shape index (κ3) is 5.26. The van der Waals surface area contributed by atoms with Crippen LogP contribution in [0.4, 0.5) is 14.5 Å². The van der Waals surface area contributed by atoms with Gasteiger partial charge in [-0.3, -0.25) is 9.59 Å². The number of halogens is 2. The zero-order valence-electron chi connectivity index (χ0n) is 14.7. The highest BCUT2D eigenvalue weighted by Gasteiger charge is 2.23. The Morgan fingerprint density at radius 3 is 2.78 bits per heavy atom.